The van der Waals surface area contributed by atoms with Crippen molar-refractivity contribution in [1.29, 1.82) is 0 Å². The maximum absolute atomic E-state index is 13.1. The first-order valence-electron chi connectivity index (χ1n) is 6.04. The third kappa shape index (κ3) is 2.60. The standard InChI is InChI=1S/C15H9ClF2N2O/c16-8-1-3-10-11(15(21)20-14(10)5-8)7-19-9-2-4-12(17)13(18)6-9/h1-7,20-21H. The van der Waals surface area contributed by atoms with Crippen molar-refractivity contribution in [3.8, 4) is 5.88 Å². The van der Waals surface area contributed by atoms with Crippen LogP contribution in [0.4, 0.5) is 14.5 Å². The van der Waals surface area contributed by atoms with E-state index in [0.29, 0.717) is 16.1 Å². The van der Waals surface area contributed by atoms with Crippen LogP contribution in [0.3, 0.4) is 0 Å². The molecule has 106 valence electrons. The van der Waals surface area contributed by atoms with E-state index in [4.69, 9.17) is 11.6 Å². The lowest BCUT2D eigenvalue weighted by Crippen LogP contribution is -1.82. The van der Waals surface area contributed by atoms with Gasteiger partial charge in [-0.2, -0.15) is 0 Å². The van der Waals surface area contributed by atoms with E-state index in [2.05, 4.69) is 9.98 Å². The summed E-state index contributed by atoms with van der Waals surface area (Å²) in [4.78, 5) is 6.81. The Labute approximate surface area is 123 Å². The minimum absolute atomic E-state index is 0.0707. The minimum Gasteiger partial charge on any atom is -0.494 e. The number of benzene rings is 2. The van der Waals surface area contributed by atoms with Gasteiger partial charge in [0.1, 0.15) is 0 Å². The van der Waals surface area contributed by atoms with Crippen LogP contribution in [0.5, 0.6) is 5.88 Å². The Kier molecular flexibility index (Phi) is 3.35. The second kappa shape index (κ2) is 5.18. The number of hydrogen-bond donors (Lipinski definition) is 2. The fourth-order valence-corrected chi connectivity index (χ4v) is 2.18. The van der Waals surface area contributed by atoms with Gasteiger partial charge in [-0.05, 0) is 24.3 Å². The third-order valence-corrected chi connectivity index (χ3v) is 3.26. The van der Waals surface area contributed by atoms with Crippen molar-refractivity contribution in [3.05, 3.63) is 58.6 Å². The molecule has 3 rings (SSSR count). The van der Waals surface area contributed by atoms with Crippen molar-refractivity contribution in [2.24, 2.45) is 4.99 Å². The first-order chi connectivity index (χ1) is 10.0. The van der Waals surface area contributed by atoms with Crippen molar-refractivity contribution >= 4 is 34.4 Å². The molecule has 6 heteroatoms. The average Bonchev–Trinajstić information content (AvgIpc) is 2.75. The highest BCUT2D eigenvalue weighted by atomic mass is 35.5. The quantitative estimate of drug-likeness (QED) is 0.670. The van der Waals surface area contributed by atoms with Crippen LogP contribution in [-0.4, -0.2) is 16.3 Å². The van der Waals surface area contributed by atoms with Gasteiger partial charge in [0.2, 0.25) is 0 Å². The van der Waals surface area contributed by atoms with Crippen LogP contribution in [-0.2, 0) is 0 Å². The molecule has 0 atom stereocenters. The van der Waals surface area contributed by atoms with Crippen LogP contribution in [0.1, 0.15) is 5.56 Å². The normalized spacial score (nSPS) is 11.6. The zero-order chi connectivity index (χ0) is 15.0. The molecular weight excluding hydrogens is 298 g/mol. The van der Waals surface area contributed by atoms with Crippen LogP contribution in [0.2, 0.25) is 5.02 Å². The van der Waals surface area contributed by atoms with Crippen molar-refractivity contribution < 1.29 is 13.9 Å². The molecule has 0 fully saturated rings. The molecule has 0 saturated heterocycles. The van der Waals surface area contributed by atoms with Crippen LogP contribution in [0, 0.1) is 11.6 Å². The first kappa shape index (κ1) is 13.6. The van der Waals surface area contributed by atoms with E-state index in [1.807, 2.05) is 0 Å². The summed E-state index contributed by atoms with van der Waals surface area (Å²) in [6.07, 6.45) is 1.38. The second-order valence-electron chi connectivity index (χ2n) is 4.43. The van der Waals surface area contributed by atoms with E-state index in [-0.39, 0.29) is 11.6 Å². The van der Waals surface area contributed by atoms with Crippen molar-refractivity contribution in [2.45, 2.75) is 0 Å². The van der Waals surface area contributed by atoms with Gasteiger partial charge in [-0.1, -0.05) is 17.7 Å². The maximum atomic E-state index is 13.1. The lowest BCUT2D eigenvalue weighted by Gasteiger charge is -1.96. The van der Waals surface area contributed by atoms with Gasteiger partial charge in [0, 0.05) is 22.7 Å². The molecule has 0 spiro atoms. The second-order valence-corrected chi connectivity index (χ2v) is 4.87. The van der Waals surface area contributed by atoms with E-state index in [0.717, 1.165) is 17.5 Å². The van der Waals surface area contributed by atoms with Gasteiger partial charge in [-0.25, -0.2) is 8.78 Å². The monoisotopic (exact) mass is 306 g/mol. The summed E-state index contributed by atoms with van der Waals surface area (Å²) in [5.74, 6) is -1.98. The lowest BCUT2D eigenvalue weighted by atomic mass is 10.2. The predicted molar refractivity (Wildman–Crippen MR) is 78.6 cm³/mol. The van der Waals surface area contributed by atoms with Crippen molar-refractivity contribution in [1.82, 2.24) is 4.98 Å². The Balaban J connectivity index is 2.02. The molecule has 0 amide bonds. The molecule has 0 saturated carbocycles. The number of aromatic nitrogens is 1. The molecule has 0 unspecified atom stereocenters. The number of fused-ring (bicyclic) bond motifs is 1. The predicted octanol–water partition coefficient (Wildman–Crippen LogP) is 4.56. The van der Waals surface area contributed by atoms with E-state index in [9.17, 15) is 13.9 Å². The molecule has 3 nitrogen and oxygen atoms in total. The number of nitrogens with one attached hydrogen (secondary N) is 1. The summed E-state index contributed by atoms with van der Waals surface area (Å²) >= 11 is 5.87. The highest BCUT2D eigenvalue weighted by Gasteiger charge is 2.09. The Morgan fingerprint density at radius 2 is 1.90 bits per heavy atom. The zero-order valence-electron chi connectivity index (χ0n) is 10.6. The van der Waals surface area contributed by atoms with Crippen LogP contribution >= 0.6 is 11.6 Å². The summed E-state index contributed by atoms with van der Waals surface area (Å²) < 4.78 is 25.9. The molecule has 0 aliphatic carbocycles. The average molecular weight is 307 g/mol. The fourth-order valence-electron chi connectivity index (χ4n) is 2.01. The molecule has 21 heavy (non-hydrogen) atoms. The van der Waals surface area contributed by atoms with E-state index >= 15 is 0 Å². The molecule has 1 heterocycles. The van der Waals surface area contributed by atoms with Crippen LogP contribution in [0.15, 0.2) is 41.4 Å². The number of aliphatic imine (C=N–C) groups is 1. The van der Waals surface area contributed by atoms with Crippen molar-refractivity contribution in [3.63, 3.8) is 0 Å². The molecule has 3 aromatic rings. The van der Waals surface area contributed by atoms with E-state index in [1.54, 1.807) is 18.2 Å². The molecule has 1 aromatic heterocycles. The van der Waals surface area contributed by atoms with Gasteiger partial charge >= 0.3 is 0 Å². The number of H-pyrrole nitrogens is 1. The van der Waals surface area contributed by atoms with Crippen LogP contribution in [0.25, 0.3) is 10.9 Å². The lowest BCUT2D eigenvalue weighted by molar-refractivity contribution is 0.457. The summed E-state index contributed by atoms with van der Waals surface area (Å²) in [7, 11) is 0. The SMILES string of the molecule is Oc1[nH]c2cc(Cl)ccc2c1C=Nc1ccc(F)c(F)c1. The number of aromatic amines is 1. The Morgan fingerprint density at radius 3 is 2.67 bits per heavy atom. The van der Waals surface area contributed by atoms with E-state index < -0.39 is 11.6 Å². The third-order valence-electron chi connectivity index (χ3n) is 3.03. The molecule has 0 bridgehead atoms. The Morgan fingerprint density at radius 1 is 1.10 bits per heavy atom. The smallest absolute Gasteiger partial charge is 0.198 e. The Bertz CT molecular complexity index is 858. The molecule has 0 radical (unpaired) electrons. The number of rotatable bonds is 2. The van der Waals surface area contributed by atoms with Gasteiger partial charge < -0.3 is 10.1 Å². The Hall–Kier alpha value is -2.40. The maximum Gasteiger partial charge on any atom is 0.198 e. The minimum atomic E-state index is -0.973. The summed E-state index contributed by atoms with van der Waals surface area (Å²) in [5, 5.41) is 11.1. The number of aromatic hydroxyl groups is 1. The fraction of sp³-hybridized carbons (Fsp3) is 0. The van der Waals surface area contributed by atoms with E-state index in [1.165, 1.54) is 12.3 Å². The van der Waals surface area contributed by atoms with Gasteiger partial charge in [0.05, 0.1) is 16.8 Å². The molecular formula is C15H9ClF2N2O. The first-order valence-corrected chi connectivity index (χ1v) is 6.42. The summed E-state index contributed by atoms with van der Waals surface area (Å²) in [5.41, 5.74) is 1.36. The van der Waals surface area contributed by atoms with Gasteiger partial charge in [-0.3, -0.25) is 4.99 Å². The zero-order valence-corrected chi connectivity index (χ0v) is 11.3. The van der Waals surface area contributed by atoms with Gasteiger partial charge in [-0.15, -0.1) is 0 Å². The number of hydrogen-bond acceptors (Lipinski definition) is 2. The molecule has 2 aromatic carbocycles. The summed E-state index contributed by atoms with van der Waals surface area (Å²) in [6, 6.07) is 8.42. The number of nitrogens with zero attached hydrogens (tertiary/aromatic N) is 1. The topological polar surface area (TPSA) is 48.4 Å². The van der Waals surface area contributed by atoms with Crippen molar-refractivity contribution in [2.75, 3.05) is 0 Å². The number of halogens is 3. The summed E-state index contributed by atoms with van der Waals surface area (Å²) in [6.45, 7) is 0. The highest BCUT2D eigenvalue weighted by molar-refractivity contribution is 6.31. The highest BCUT2D eigenvalue weighted by Crippen LogP contribution is 2.28. The largest absolute Gasteiger partial charge is 0.494 e. The molecule has 2 N–H and O–H groups in total. The molecule has 0 aliphatic rings. The van der Waals surface area contributed by atoms with Crippen LogP contribution < -0.4 is 0 Å². The molecule has 0 aliphatic heterocycles. The van der Waals surface area contributed by atoms with Gasteiger partial charge in [0.25, 0.3) is 0 Å². The van der Waals surface area contributed by atoms with Gasteiger partial charge in [0.15, 0.2) is 17.5 Å².